The van der Waals surface area contributed by atoms with E-state index in [1.54, 1.807) is 27.8 Å². The summed E-state index contributed by atoms with van der Waals surface area (Å²) < 4.78 is 5.29. The number of benzene rings is 1. The van der Waals surface area contributed by atoms with Crippen LogP contribution in [0.25, 0.3) is 0 Å². The minimum Gasteiger partial charge on any atom is -0.444 e. The Morgan fingerprint density at radius 3 is 2.30 bits per heavy atom. The van der Waals surface area contributed by atoms with Gasteiger partial charge in [0.1, 0.15) is 17.9 Å². The maximum Gasteiger partial charge on any atom is 0.410 e. The minimum absolute atomic E-state index is 0.507. The summed E-state index contributed by atoms with van der Waals surface area (Å²) >= 11 is 0. The van der Waals surface area contributed by atoms with Crippen LogP contribution in [0.3, 0.4) is 0 Å². The Balaban J connectivity index is 2.97. The van der Waals surface area contributed by atoms with Gasteiger partial charge in [-0.2, -0.15) is 0 Å². The van der Waals surface area contributed by atoms with E-state index in [1.165, 1.54) is 4.90 Å². The first-order chi connectivity index (χ1) is 9.15. The van der Waals surface area contributed by atoms with Crippen molar-refractivity contribution in [2.45, 2.75) is 46.3 Å². The summed E-state index contributed by atoms with van der Waals surface area (Å²) in [6.07, 6.45) is 0.251. The summed E-state index contributed by atoms with van der Waals surface area (Å²) in [7, 11) is 1.57. The molecule has 4 heteroatoms. The number of likely N-dealkylation sites (N-methyl/N-ethyl adjacent to an activating group) is 1. The Morgan fingerprint density at radius 1 is 1.25 bits per heavy atom. The van der Waals surface area contributed by atoms with Gasteiger partial charge in [-0.05, 0) is 51.3 Å². The van der Waals surface area contributed by atoms with Crippen LogP contribution < -0.4 is 0 Å². The molecule has 0 fully saturated rings. The van der Waals surface area contributed by atoms with Crippen LogP contribution in [0.15, 0.2) is 18.2 Å². The fraction of sp³-hybridized carbons (Fsp3) is 0.500. The summed E-state index contributed by atoms with van der Waals surface area (Å²) in [6.45, 7) is 9.38. The Morgan fingerprint density at radius 2 is 1.85 bits per heavy atom. The molecule has 0 bridgehead atoms. The first-order valence-electron chi connectivity index (χ1n) is 6.64. The molecule has 0 N–H and O–H groups in total. The van der Waals surface area contributed by atoms with Crippen molar-refractivity contribution in [2.24, 2.45) is 0 Å². The number of nitrogens with zero attached hydrogens (tertiary/aromatic N) is 1. The van der Waals surface area contributed by atoms with Gasteiger partial charge in [0.15, 0.2) is 0 Å². The zero-order valence-corrected chi connectivity index (χ0v) is 13.1. The normalized spacial score (nSPS) is 12.7. The van der Waals surface area contributed by atoms with Crippen molar-refractivity contribution in [3.8, 4) is 0 Å². The smallest absolute Gasteiger partial charge is 0.410 e. The number of ether oxygens (including phenoxy) is 1. The van der Waals surface area contributed by atoms with Crippen LogP contribution in [0.2, 0.25) is 0 Å². The molecule has 0 saturated heterocycles. The molecular formula is C16H23NO3. The molecule has 1 aromatic rings. The lowest BCUT2D eigenvalue weighted by Gasteiger charge is -2.28. The summed E-state index contributed by atoms with van der Waals surface area (Å²) in [4.78, 5) is 24.7. The highest BCUT2D eigenvalue weighted by Gasteiger charge is 2.26. The molecule has 0 aliphatic carbocycles. The maximum absolute atomic E-state index is 12.0. The number of hydrogen-bond acceptors (Lipinski definition) is 3. The number of hydrogen-bond donors (Lipinski definition) is 0. The highest BCUT2D eigenvalue weighted by Crippen LogP contribution is 2.22. The van der Waals surface area contributed by atoms with Gasteiger partial charge in [0.2, 0.25) is 0 Å². The molecule has 1 amide bonds. The molecule has 0 radical (unpaired) electrons. The van der Waals surface area contributed by atoms with Crippen molar-refractivity contribution in [3.63, 3.8) is 0 Å². The molecule has 20 heavy (non-hydrogen) atoms. The molecule has 1 aromatic carbocycles. The summed E-state index contributed by atoms with van der Waals surface area (Å²) in [5.74, 6) is 0. The Kier molecular flexibility index (Phi) is 4.93. The second kappa shape index (κ2) is 6.07. The van der Waals surface area contributed by atoms with Crippen molar-refractivity contribution >= 4 is 12.4 Å². The Hall–Kier alpha value is -1.84. The van der Waals surface area contributed by atoms with Crippen LogP contribution >= 0.6 is 0 Å². The first-order valence-corrected chi connectivity index (χ1v) is 6.64. The fourth-order valence-corrected chi connectivity index (χ4v) is 1.79. The van der Waals surface area contributed by atoms with E-state index in [9.17, 15) is 9.59 Å². The second-order valence-corrected chi connectivity index (χ2v) is 6.02. The van der Waals surface area contributed by atoms with Crippen LogP contribution in [0.1, 0.15) is 43.5 Å². The van der Waals surface area contributed by atoms with Crippen molar-refractivity contribution in [3.05, 3.63) is 34.9 Å². The average molecular weight is 277 g/mol. The van der Waals surface area contributed by atoms with Gasteiger partial charge >= 0.3 is 6.09 Å². The van der Waals surface area contributed by atoms with Crippen LogP contribution in [-0.2, 0) is 9.53 Å². The molecule has 0 spiro atoms. The third-order valence-electron chi connectivity index (χ3n) is 3.10. The zero-order valence-electron chi connectivity index (χ0n) is 13.1. The van der Waals surface area contributed by atoms with E-state index in [1.807, 2.05) is 32.0 Å². The SMILES string of the molecule is Cc1ccc(C(C=O)N(C)C(=O)OC(C)(C)C)cc1C. The molecule has 0 saturated carbocycles. The van der Waals surface area contributed by atoms with Crippen LogP contribution in [0.4, 0.5) is 4.79 Å². The topological polar surface area (TPSA) is 46.6 Å². The highest BCUT2D eigenvalue weighted by molar-refractivity contribution is 5.74. The standard InChI is InChI=1S/C16H23NO3/c1-11-7-8-13(9-12(11)2)14(10-18)17(6)15(19)20-16(3,4)5/h7-10,14H,1-6H3. The molecule has 0 heterocycles. The summed E-state index contributed by atoms with van der Waals surface area (Å²) in [5.41, 5.74) is 2.45. The van der Waals surface area contributed by atoms with Crippen LogP contribution in [-0.4, -0.2) is 29.9 Å². The van der Waals surface area contributed by atoms with Crippen molar-refractivity contribution < 1.29 is 14.3 Å². The fourth-order valence-electron chi connectivity index (χ4n) is 1.79. The monoisotopic (exact) mass is 277 g/mol. The van der Waals surface area contributed by atoms with E-state index in [0.717, 1.165) is 23.0 Å². The van der Waals surface area contributed by atoms with Gasteiger partial charge in [0.25, 0.3) is 0 Å². The molecule has 0 aromatic heterocycles. The van der Waals surface area contributed by atoms with Gasteiger partial charge in [-0.15, -0.1) is 0 Å². The average Bonchev–Trinajstić information content (AvgIpc) is 2.32. The predicted octanol–water partition coefficient (Wildman–Crippen LogP) is 3.41. The van der Waals surface area contributed by atoms with Gasteiger partial charge in [0, 0.05) is 7.05 Å². The third-order valence-corrected chi connectivity index (χ3v) is 3.10. The van der Waals surface area contributed by atoms with E-state index < -0.39 is 17.7 Å². The van der Waals surface area contributed by atoms with Crippen molar-refractivity contribution in [2.75, 3.05) is 7.05 Å². The molecule has 110 valence electrons. The number of amides is 1. The van der Waals surface area contributed by atoms with Crippen molar-refractivity contribution in [1.29, 1.82) is 0 Å². The zero-order chi connectivity index (χ0) is 15.5. The molecule has 0 aliphatic rings. The minimum atomic E-state index is -0.635. The Bertz CT molecular complexity index is 503. The van der Waals surface area contributed by atoms with E-state index in [0.29, 0.717) is 0 Å². The molecule has 0 aliphatic heterocycles. The lowest BCUT2D eigenvalue weighted by atomic mass is 10.0. The highest BCUT2D eigenvalue weighted by atomic mass is 16.6. The van der Waals surface area contributed by atoms with Gasteiger partial charge in [-0.3, -0.25) is 4.90 Å². The van der Waals surface area contributed by atoms with Gasteiger partial charge in [-0.1, -0.05) is 18.2 Å². The van der Waals surface area contributed by atoms with Gasteiger partial charge in [0.05, 0.1) is 0 Å². The number of carbonyl (C=O) groups is 2. The molecule has 4 nitrogen and oxygen atoms in total. The predicted molar refractivity (Wildman–Crippen MR) is 78.7 cm³/mol. The summed E-state index contributed by atoms with van der Waals surface area (Å²) in [5, 5.41) is 0. The second-order valence-electron chi connectivity index (χ2n) is 6.02. The lowest BCUT2D eigenvalue weighted by Crippen LogP contribution is -2.37. The molecule has 1 atom stereocenters. The molecular weight excluding hydrogens is 254 g/mol. The molecule has 1 rings (SSSR count). The van der Waals surface area contributed by atoms with E-state index >= 15 is 0 Å². The van der Waals surface area contributed by atoms with E-state index in [4.69, 9.17) is 4.74 Å². The lowest BCUT2D eigenvalue weighted by molar-refractivity contribution is -0.112. The largest absolute Gasteiger partial charge is 0.444 e. The van der Waals surface area contributed by atoms with Gasteiger partial charge < -0.3 is 9.53 Å². The van der Waals surface area contributed by atoms with E-state index in [-0.39, 0.29) is 0 Å². The van der Waals surface area contributed by atoms with Crippen LogP contribution in [0.5, 0.6) is 0 Å². The van der Waals surface area contributed by atoms with Gasteiger partial charge in [-0.25, -0.2) is 4.79 Å². The number of aryl methyl sites for hydroxylation is 2. The first kappa shape index (κ1) is 16.2. The maximum atomic E-state index is 12.0. The van der Waals surface area contributed by atoms with E-state index in [2.05, 4.69) is 0 Å². The number of aldehydes is 1. The van der Waals surface area contributed by atoms with Crippen molar-refractivity contribution in [1.82, 2.24) is 4.90 Å². The number of carbonyl (C=O) groups excluding carboxylic acids is 2. The quantitative estimate of drug-likeness (QED) is 0.795. The third kappa shape index (κ3) is 4.08. The Labute approximate surface area is 120 Å². The number of rotatable bonds is 3. The van der Waals surface area contributed by atoms with Crippen LogP contribution in [0, 0.1) is 13.8 Å². The summed E-state index contributed by atoms with van der Waals surface area (Å²) in [6, 6.07) is 5.10. The molecule has 1 unspecified atom stereocenters.